The molecule has 1 rings (SSSR count). The van der Waals surface area contributed by atoms with Crippen LogP contribution in [0, 0.1) is 5.82 Å². The van der Waals surface area contributed by atoms with Crippen LogP contribution in [0.1, 0.15) is 27.2 Å². The molecule has 0 fully saturated rings. The minimum absolute atomic E-state index is 0.0678. The number of alkyl halides is 1. The number of halogens is 2. The molecular weight excluding hydrogens is 338 g/mol. The molecule has 0 radical (unpaired) electrons. The van der Waals surface area contributed by atoms with Crippen LogP contribution in [-0.2, 0) is 4.79 Å². The first-order valence-electron chi connectivity index (χ1n) is 8.68. The topological polar surface area (TPSA) is 41.6 Å². The number of ether oxygens (including phenoxy) is 1. The first-order chi connectivity index (χ1) is 12.4. The molecule has 4 nitrogen and oxygen atoms in total. The highest BCUT2D eigenvalue weighted by atomic mass is 19.1. The van der Waals surface area contributed by atoms with E-state index in [0.29, 0.717) is 19.5 Å². The van der Waals surface area contributed by atoms with E-state index >= 15 is 0 Å². The van der Waals surface area contributed by atoms with Gasteiger partial charge in [0.1, 0.15) is 12.3 Å². The van der Waals surface area contributed by atoms with Crippen molar-refractivity contribution in [1.29, 1.82) is 0 Å². The lowest BCUT2D eigenvalue weighted by Gasteiger charge is -2.26. The Morgan fingerprint density at radius 2 is 2.12 bits per heavy atom. The number of nitrogens with one attached hydrogen (secondary N) is 1. The van der Waals surface area contributed by atoms with Crippen molar-refractivity contribution in [2.45, 2.75) is 32.9 Å². The largest absolute Gasteiger partial charge is 0.487 e. The predicted octanol–water partition coefficient (Wildman–Crippen LogP) is 3.85. The minimum Gasteiger partial charge on any atom is -0.487 e. The van der Waals surface area contributed by atoms with Gasteiger partial charge in [-0.1, -0.05) is 30.7 Å². The number of para-hydroxylation sites is 1. The molecular formula is C20H28F2N2O2. The number of hydrogen-bond donors (Lipinski definition) is 1. The normalized spacial score (nSPS) is 14.5. The fourth-order valence-corrected chi connectivity index (χ4v) is 2.32. The number of hydrogen-bond acceptors (Lipinski definition) is 3. The third-order valence-electron chi connectivity index (χ3n) is 3.88. The maximum absolute atomic E-state index is 14.7. The summed E-state index contributed by atoms with van der Waals surface area (Å²) in [5, 5.41) is 2.44. The molecule has 1 N–H and O–H groups in total. The van der Waals surface area contributed by atoms with Gasteiger partial charge >= 0.3 is 0 Å². The van der Waals surface area contributed by atoms with E-state index in [1.54, 1.807) is 24.4 Å². The van der Waals surface area contributed by atoms with E-state index in [1.165, 1.54) is 19.1 Å². The summed E-state index contributed by atoms with van der Waals surface area (Å²) in [4.78, 5) is 12.3. The van der Waals surface area contributed by atoms with Crippen molar-refractivity contribution in [3.05, 3.63) is 54.0 Å². The Kier molecular flexibility index (Phi) is 9.58. The number of amides is 1. The zero-order chi connectivity index (χ0) is 19.4. The predicted molar refractivity (Wildman–Crippen MR) is 100 cm³/mol. The summed E-state index contributed by atoms with van der Waals surface area (Å²) in [6.45, 7) is 7.31. The van der Waals surface area contributed by atoms with E-state index in [0.717, 1.165) is 12.1 Å². The summed E-state index contributed by atoms with van der Waals surface area (Å²) in [7, 11) is 0. The van der Waals surface area contributed by atoms with Crippen molar-refractivity contribution in [3.63, 3.8) is 0 Å². The summed E-state index contributed by atoms with van der Waals surface area (Å²) in [6.07, 6.45) is 6.08. The number of carbonyl (C=O) groups is 1. The van der Waals surface area contributed by atoms with Crippen LogP contribution in [0.4, 0.5) is 8.78 Å². The average Bonchev–Trinajstić information content (AvgIpc) is 2.61. The van der Waals surface area contributed by atoms with Crippen molar-refractivity contribution in [3.8, 4) is 5.75 Å². The van der Waals surface area contributed by atoms with Gasteiger partial charge in [-0.05, 0) is 45.0 Å². The Morgan fingerprint density at radius 3 is 2.77 bits per heavy atom. The van der Waals surface area contributed by atoms with Gasteiger partial charge in [0.2, 0.25) is 6.41 Å². The van der Waals surface area contributed by atoms with Crippen molar-refractivity contribution in [1.82, 2.24) is 10.2 Å². The van der Waals surface area contributed by atoms with Gasteiger partial charge in [0.05, 0.1) is 0 Å². The quantitative estimate of drug-likeness (QED) is 0.451. The van der Waals surface area contributed by atoms with E-state index in [9.17, 15) is 13.6 Å². The van der Waals surface area contributed by atoms with Gasteiger partial charge in [0, 0.05) is 19.3 Å². The fraction of sp³-hybridized carbons (Fsp3) is 0.450. The Morgan fingerprint density at radius 1 is 1.38 bits per heavy atom. The lowest BCUT2D eigenvalue weighted by Crippen LogP contribution is -2.35. The Balaban J connectivity index is 2.47. The maximum Gasteiger partial charge on any atom is 0.211 e. The Labute approximate surface area is 154 Å². The summed E-state index contributed by atoms with van der Waals surface area (Å²) in [6, 6.07) is 6.00. The lowest BCUT2D eigenvalue weighted by molar-refractivity contribution is -0.108. The fourth-order valence-electron chi connectivity index (χ4n) is 2.32. The van der Waals surface area contributed by atoms with E-state index in [1.807, 2.05) is 19.9 Å². The number of benzene rings is 1. The molecule has 0 aliphatic rings. The van der Waals surface area contributed by atoms with Gasteiger partial charge in [-0.2, -0.15) is 0 Å². The second-order valence-corrected chi connectivity index (χ2v) is 6.41. The SMILES string of the molecule is CCN(CCC(C)(F)COc1ccccc1F)C/C(C)=C/C=C\NC=O. The number of carbonyl (C=O) groups excluding carboxylic acids is 1. The van der Waals surface area contributed by atoms with Crippen molar-refractivity contribution >= 4 is 6.41 Å². The van der Waals surface area contributed by atoms with E-state index in [4.69, 9.17) is 4.74 Å². The number of allylic oxidation sites excluding steroid dienone is 2. The van der Waals surface area contributed by atoms with E-state index in [2.05, 4.69) is 10.2 Å². The minimum atomic E-state index is -1.55. The third-order valence-corrected chi connectivity index (χ3v) is 3.88. The van der Waals surface area contributed by atoms with Crippen LogP contribution < -0.4 is 10.1 Å². The average molecular weight is 366 g/mol. The molecule has 0 saturated carbocycles. The zero-order valence-electron chi connectivity index (χ0n) is 15.7. The monoisotopic (exact) mass is 366 g/mol. The van der Waals surface area contributed by atoms with E-state index in [-0.39, 0.29) is 18.8 Å². The molecule has 1 aromatic carbocycles. The molecule has 1 atom stereocenters. The highest BCUT2D eigenvalue weighted by molar-refractivity contribution is 5.47. The summed E-state index contributed by atoms with van der Waals surface area (Å²) in [5.41, 5.74) is -0.458. The van der Waals surface area contributed by atoms with Crippen LogP contribution >= 0.6 is 0 Å². The van der Waals surface area contributed by atoms with Gasteiger partial charge in [0.25, 0.3) is 0 Å². The molecule has 0 aromatic heterocycles. The first-order valence-corrected chi connectivity index (χ1v) is 8.68. The smallest absolute Gasteiger partial charge is 0.211 e. The van der Waals surface area contributed by atoms with Crippen molar-refractivity contribution in [2.75, 3.05) is 26.2 Å². The van der Waals surface area contributed by atoms with Crippen LogP contribution in [0.15, 0.2) is 48.2 Å². The van der Waals surface area contributed by atoms with Crippen molar-refractivity contribution < 1.29 is 18.3 Å². The van der Waals surface area contributed by atoms with Crippen LogP contribution in [0.25, 0.3) is 0 Å². The summed E-state index contributed by atoms with van der Waals surface area (Å²) >= 11 is 0. The zero-order valence-corrected chi connectivity index (χ0v) is 15.7. The molecule has 0 heterocycles. The molecule has 6 heteroatoms. The molecule has 0 spiro atoms. The lowest BCUT2D eigenvalue weighted by atomic mass is 10.1. The summed E-state index contributed by atoms with van der Waals surface area (Å²) < 4.78 is 33.5. The van der Waals surface area contributed by atoms with Gasteiger partial charge in [-0.3, -0.25) is 9.69 Å². The van der Waals surface area contributed by atoms with Gasteiger partial charge in [-0.25, -0.2) is 8.78 Å². The second-order valence-electron chi connectivity index (χ2n) is 6.41. The number of rotatable bonds is 12. The van der Waals surface area contributed by atoms with Gasteiger partial charge < -0.3 is 10.1 Å². The van der Waals surface area contributed by atoms with Crippen LogP contribution in [-0.4, -0.2) is 43.2 Å². The summed E-state index contributed by atoms with van der Waals surface area (Å²) in [5.74, 6) is -0.422. The van der Waals surface area contributed by atoms with Crippen LogP contribution in [0.5, 0.6) is 5.75 Å². The maximum atomic E-state index is 14.7. The molecule has 1 unspecified atom stereocenters. The number of likely N-dealkylation sites (N-methyl/N-ethyl adjacent to an activating group) is 1. The molecule has 1 aromatic rings. The van der Waals surface area contributed by atoms with Crippen molar-refractivity contribution in [2.24, 2.45) is 0 Å². The molecule has 0 bridgehead atoms. The Hall–Kier alpha value is -2.21. The molecule has 1 amide bonds. The molecule has 0 aliphatic heterocycles. The van der Waals surface area contributed by atoms with Crippen LogP contribution in [0.2, 0.25) is 0 Å². The third kappa shape index (κ3) is 8.76. The molecule has 0 saturated heterocycles. The highest BCUT2D eigenvalue weighted by Gasteiger charge is 2.25. The molecule has 0 aliphatic carbocycles. The second kappa shape index (κ2) is 11.4. The van der Waals surface area contributed by atoms with Crippen LogP contribution in [0.3, 0.4) is 0 Å². The molecule has 26 heavy (non-hydrogen) atoms. The Bertz CT molecular complexity index is 616. The standard InChI is InChI=1S/C20H28F2N2O2/c1-4-24(14-17(2)8-7-12-23-16-25)13-11-20(3,22)15-26-19-10-6-5-9-18(19)21/h5-10,12,16H,4,11,13-15H2,1-3H3,(H,23,25)/b12-7-,17-8+. The van der Waals surface area contributed by atoms with E-state index < -0.39 is 11.5 Å². The van der Waals surface area contributed by atoms with Gasteiger partial charge in [-0.15, -0.1) is 0 Å². The van der Waals surface area contributed by atoms with Gasteiger partial charge in [0.15, 0.2) is 11.6 Å². The number of nitrogens with zero attached hydrogens (tertiary/aromatic N) is 1. The first kappa shape index (κ1) is 21.8. The highest BCUT2D eigenvalue weighted by Crippen LogP contribution is 2.21. The molecule has 144 valence electrons.